The number of aliphatic hydroxyl groups is 1. The predicted molar refractivity (Wildman–Crippen MR) is 76.8 cm³/mol. The molecule has 1 aromatic carbocycles. The molecule has 2 aromatic rings. The molecule has 0 saturated heterocycles. The van der Waals surface area contributed by atoms with Crippen molar-refractivity contribution in [1.82, 2.24) is 9.88 Å². The number of pyridine rings is 1. The first-order chi connectivity index (χ1) is 11.3. The summed E-state index contributed by atoms with van der Waals surface area (Å²) in [5.41, 5.74) is -7.33. The van der Waals surface area contributed by atoms with E-state index in [9.17, 15) is 36.6 Å². The molecule has 4 nitrogen and oxygen atoms in total. The SMILES string of the molecule is CN(C)Cc1cc(C(O)(C(F)(F)F)C(F)(F)F)c(O)c2ncccc12. The van der Waals surface area contributed by atoms with Gasteiger partial charge in [-0.15, -0.1) is 0 Å². The summed E-state index contributed by atoms with van der Waals surface area (Å²) < 4.78 is 78.9. The quantitative estimate of drug-likeness (QED) is 0.817. The topological polar surface area (TPSA) is 56.6 Å². The van der Waals surface area contributed by atoms with Crippen LogP contribution in [0.2, 0.25) is 0 Å². The van der Waals surface area contributed by atoms with Gasteiger partial charge in [-0.25, -0.2) is 0 Å². The van der Waals surface area contributed by atoms with Gasteiger partial charge in [-0.3, -0.25) is 4.98 Å². The van der Waals surface area contributed by atoms with Crippen molar-refractivity contribution in [2.24, 2.45) is 0 Å². The summed E-state index contributed by atoms with van der Waals surface area (Å²) >= 11 is 0. The number of aromatic nitrogens is 1. The highest BCUT2D eigenvalue weighted by molar-refractivity contribution is 5.89. The van der Waals surface area contributed by atoms with Crippen LogP contribution in [0.4, 0.5) is 26.3 Å². The molecule has 1 aromatic heterocycles. The Morgan fingerprint density at radius 2 is 1.64 bits per heavy atom. The number of halogens is 6. The lowest BCUT2D eigenvalue weighted by Gasteiger charge is -2.33. The first-order valence-corrected chi connectivity index (χ1v) is 6.91. The Kier molecular flexibility index (Phi) is 4.64. The Balaban J connectivity index is 2.91. The average Bonchev–Trinajstić information content (AvgIpc) is 2.46. The molecule has 0 saturated carbocycles. The lowest BCUT2D eigenvalue weighted by atomic mass is 9.88. The van der Waals surface area contributed by atoms with Gasteiger partial charge in [0.25, 0.3) is 5.60 Å². The molecular formula is C15H14F6N2O2. The normalized spacial score (nSPS) is 13.7. The summed E-state index contributed by atoms with van der Waals surface area (Å²) in [5, 5.41) is 19.8. The van der Waals surface area contributed by atoms with Crippen molar-refractivity contribution in [1.29, 1.82) is 0 Å². The standard InChI is InChI=1S/C15H14F6N2O2/c1-23(2)7-8-6-10(12(24)11-9(8)4-3-5-22-11)13(25,14(16,17)18)15(19,20)21/h3-6,24-25H,7H2,1-2H3. The molecule has 0 aliphatic carbocycles. The van der Waals surface area contributed by atoms with E-state index in [0.29, 0.717) is 6.07 Å². The number of rotatable bonds is 3. The molecule has 10 heteroatoms. The summed E-state index contributed by atoms with van der Waals surface area (Å²) in [6.45, 7) is -0.0265. The number of phenols is 1. The van der Waals surface area contributed by atoms with E-state index < -0.39 is 34.8 Å². The van der Waals surface area contributed by atoms with Crippen LogP contribution in [-0.2, 0) is 12.1 Å². The predicted octanol–water partition coefficient (Wildman–Crippen LogP) is 3.31. The van der Waals surface area contributed by atoms with Crippen LogP contribution in [0, 0.1) is 0 Å². The molecule has 2 N–H and O–H groups in total. The lowest BCUT2D eigenvalue weighted by molar-refractivity contribution is -0.376. The molecule has 0 fully saturated rings. The third-order valence-electron chi connectivity index (χ3n) is 3.65. The van der Waals surface area contributed by atoms with Crippen molar-refractivity contribution >= 4 is 10.9 Å². The molecule has 0 atom stereocenters. The van der Waals surface area contributed by atoms with Crippen LogP contribution < -0.4 is 0 Å². The second kappa shape index (κ2) is 6.03. The van der Waals surface area contributed by atoms with Gasteiger partial charge in [0.2, 0.25) is 0 Å². The molecular weight excluding hydrogens is 354 g/mol. The maximum absolute atomic E-state index is 13.1. The van der Waals surface area contributed by atoms with Gasteiger partial charge in [0.15, 0.2) is 0 Å². The second-order valence-corrected chi connectivity index (χ2v) is 5.78. The van der Waals surface area contributed by atoms with Gasteiger partial charge in [-0.1, -0.05) is 6.07 Å². The fourth-order valence-corrected chi connectivity index (χ4v) is 2.51. The van der Waals surface area contributed by atoms with E-state index >= 15 is 0 Å². The summed E-state index contributed by atoms with van der Waals surface area (Å²) in [6, 6.07) is 3.35. The second-order valence-electron chi connectivity index (χ2n) is 5.78. The molecule has 25 heavy (non-hydrogen) atoms. The molecule has 0 aliphatic heterocycles. The van der Waals surface area contributed by atoms with E-state index in [1.54, 1.807) is 14.1 Å². The number of aromatic hydroxyl groups is 1. The van der Waals surface area contributed by atoms with Crippen molar-refractivity contribution in [3.63, 3.8) is 0 Å². The zero-order valence-electron chi connectivity index (χ0n) is 13.1. The van der Waals surface area contributed by atoms with Crippen molar-refractivity contribution in [3.05, 3.63) is 35.5 Å². The monoisotopic (exact) mass is 368 g/mol. The van der Waals surface area contributed by atoms with E-state index in [2.05, 4.69) is 4.98 Å². The zero-order chi connectivity index (χ0) is 19.2. The largest absolute Gasteiger partial charge is 0.505 e. The highest BCUT2D eigenvalue weighted by Gasteiger charge is 2.72. The molecule has 0 radical (unpaired) electrons. The van der Waals surface area contributed by atoms with Crippen molar-refractivity contribution in [3.8, 4) is 5.75 Å². The number of phenolic OH excluding ortho intramolecular Hbond substituents is 1. The average molecular weight is 368 g/mol. The van der Waals surface area contributed by atoms with E-state index in [-0.39, 0.29) is 17.5 Å². The van der Waals surface area contributed by atoms with Gasteiger partial charge >= 0.3 is 12.4 Å². The van der Waals surface area contributed by atoms with Crippen molar-refractivity contribution < 1.29 is 36.6 Å². The minimum atomic E-state index is -6.10. The van der Waals surface area contributed by atoms with Crippen LogP contribution in [-0.4, -0.2) is 46.5 Å². The van der Waals surface area contributed by atoms with E-state index in [0.717, 1.165) is 6.20 Å². The number of alkyl halides is 6. The van der Waals surface area contributed by atoms with Crippen molar-refractivity contribution in [2.75, 3.05) is 14.1 Å². The molecule has 2 rings (SSSR count). The van der Waals surface area contributed by atoms with Crippen LogP contribution in [0.5, 0.6) is 5.75 Å². The molecule has 0 aliphatic rings. The highest BCUT2D eigenvalue weighted by Crippen LogP contribution is 2.53. The number of nitrogens with zero attached hydrogens (tertiary/aromatic N) is 2. The molecule has 0 spiro atoms. The highest BCUT2D eigenvalue weighted by atomic mass is 19.4. The van der Waals surface area contributed by atoms with Crippen molar-refractivity contribution in [2.45, 2.75) is 24.5 Å². The van der Waals surface area contributed by atoms with Gasteiger partial charge < -0.3 is 15.1 Å². The van der Waals surface area contributed by atoms with Crippen LogP contribution in [0.15, 0.2) is 24.4 Å². The van der Waals surface area contributed by atoms with E-state index in [1.165, 1.54) is 17.0 Å². The molecule has 0 amide bonds. The Morgan fingerprint density at radius 1 is 1.08 bits per heavy atom. The molecule has 0 unspecified atom stereocenters. The maximum atomic E-state index is 13.1. The van der Waals surface area contributed by atoms with Crippen LogP contribution in [0.25, 0.3) is 10.9 Å². The minimum Gasteiger partial charge on any atom is -0.505 e. The van der Waals surface area contributed by atoms with Crippen LogP contribution >= 0.6 is 0 Å². The summed E-state index contributed by atoms with van der Waals surface area (Å²) in [6.07, 6.45) is -11.1. The Hall–Kier alpha value is -2.07. The molecule has 138 valence electrons. The summed E-state index contributed by atoms with van der Waals surface area (Å²) in [7, 11) is 3.13. The number of benzene rings is 1. The van der Waals surface area contributed by atoms with E-state index in [1.807, 2.05) is 0 Å². The van der Waals surface area contributed by atoms with Gasteiger partial charge in [0, 0.05) is 23.7 Å². The zero-order valence-corrected chi connectivity index (χ0v) is 13.1. The van der Waals surface area contributed by atoms with Gasteiger partial charge in [0.1, 0.15) is 11.3 Å². The number of fused-ring (bicyclic) bond motifs is 1. The first-order valence-electron chi connectivity index (χ1n) is 6.91. The third-order valence-corrected chi connectivity index (χ3v) is 3.65. The van der Waals surface area contributed by atoms with E-state index in [4.69, 9.17) is 0 Å². The number of hydrogen-bond donors (Lipinski definition) is 2. The Bertz CT molecular complexity index is 772. The minimum absolute atomic E-state index is 0.0265. The third kappa shape index (κ3) is 3.11. The van der Waals surface area contributed by atoms with Gasteiger partial charge in [0.05, 0.1) is 0 Å². The van der Waals surface area contributed by atoms with Gasteiger partial charge in [-0.2, -0.15) is 26.3 Å². The lowest BCUT2D eigenvalue weighted by Crippen LogP contribution is -2.54. The smallest absolute Gasteiger partial charge is 0.430 e. The summed E-state index contributed by atoms with van der Waals surface area (Å²) in [4.78, 5) is 5.19. The first kappa shape index (κ1) is 19.3. The van der Waals surface area contributed by atoms with Gasteiger partial charge in [-0.05, 0) is 31.8 Å². The fourth-order valence-electron chi connectivity index (χ4n) is 2.51. The Labute approximate surface area is 138 Å². The van der Waals surface area contributed by atoms with Crippen LogP contribution in [0.1, 0.15) is 11.1 Å². The number of hydrogen-bond acceptors (Lipinski definition) is 4. The maximum Gasteiger partial charge on any atom is 0.430 e. The fraction of sp³-hybridized carbons (Fsp3) is 0.400. The Morgan fingerprint density at radius 3 is 2.12 bits per heavy atom. The summed E-state index contributed by atoms with van der Waals surface area (Å²) in [5.74, 6) is -1.37. The molecule has 1 heterocycles. The molecule has 0 bridgehead atoms. The van der Waals surface area contributed by atoms with Crippen LogP contribution in [0.3, 0.4) is 0 Å².